The van der Waals surface area contributed by atoms with Crippen LogP contribution in [0.25, 0.3) is 0 Å². The number of benzene rings is 1. The minimum Gasteiger partial charge on any atom is -0.478 e. The van der Waals surface area contributed by atoms with Crippen molar-refractivity contribution < 1.29 is 23.1 Å². The third-order valence-corrected chi connectivity index (χ3v) is 3.77. The Balaban J connectivity index is 3.39. The van der Waals surface area contributed by atoms with E-state index in [0.717, 1.165) is 6.26 Å². The van der Waals surface area contributed by atoms with E-state index in [2.05, 4.69) is 0 Å². The predicted molar refractivity (Wildman–Crippen MR) is 70.0 cm³/mol. The Labute approximate surface area is 111 Å². The van der Waals surface area contributed by atoms with Crippen molar-refractivity contribution in [1.82, 2.24) is 0 Å². The highest BCUT2D eigenvalue weighted by Gasteiger charge is 2.23. The van der Waals surface area contributed by atoms with Crippen LogP contribution in [0.4, 0.5) is 0 Å². The van der Waals surface area contributed by atoms with Gasteiger partial charge in [-0.05, 0) is 17.5 Å². The largest absolute Gasteiger partial charge is 0.478 e. The molecule has 0 spiro atoms. The van der Waals surface area contributed by atoms with Crippen LogP contribution < -0.4 is 5.73 Å². The van der Waals surface area contributed by atoms with Gasteiger partial charge in [-0.15, -0.1) is 0 Å². The van der Waals surface area contributed by atoms with Gasteiger partial charge in [0, 0.05) is 6.26 Å². The van der Waals surface area contributed by atoms with Crippen molar-refractivity contribution in [3.05, 3.63) is 34.9 Å². The first-order valence-electron chi connectivity index (χ1n) is 5.47. The third kappa shape index (κ3) is 3.78. The average Bonchev–Trinajstić information content (AvgIpc) is 2.25. The monoisotopic (exact) mass is 285 g/mol. The molecule has 19 heavy (non-hydrogen) atoms. The fraction of sp³-hybridized carbons (Fsp3) is 0.333. The molecule has 1 aromatic rings. The minimum atomic E-state index is -3.26. The van der Waals surface area contributed by atoms with Gasteiger partial charge in [0.15, 0.2) is 0 Å². The molecule has 3 N–H and O–H groups in total. The fourth-order valence-corrected chi connectivity index (χ4v) is 3.06. The van der Waals surface area contributed by atoms with Gasteiger partial charge in [0.2, 0.25) is 5.91 Å². The number of carbonyl (C=O) groups is 2. The first kappa shape index (κ1) is 15.2. The second-order valence-corrected chi connectivity index (χ2v) is 6.62. The number of hydrogen-bond acceptors (Lipinski definition) is 4. The Morgan fingerprint density at radius 2 is 1.95 bits per heavy atom. The highest BCUT2D eigenvalue weighted by atomic mass is 32.2. The molecule has 0 bridgehead atoms. The number of carboxylic acids is 1. The zero-order chi connectivity index (χ0) is 14.8. The van der Waals surface area contributed by atoms with Crippen molar-refractivity contribution in [3.8, 4) is 0 Å². The van der Waals surface area contributed by atoms with Crippen LogP contribution in [0.1, 0.15) is 39.1 Å². The van der Waals surface area contributed by atoms with Crippen molar-refractivity contribution in [2.75, 3.05) is 12.0 Å². The summed E-state index contributed by atoms with van der Waals surface area (Å²) in [5.74, 6) is -2.90. The molecule has 1 aromatic carbocycles. The fourth-order valence-electron chi connectivity index (χ4n) is 1.97. The van der Waals surface area contributed by atoms with Crippen molar-refractivity contribution >= 4 is 21.7 Å². The number of hydrogen-bond donors (Lipinski definition) is 2. The van der Waals surface area contributed by atoms with Crippen molar-refractivity contribution in [2.45, 2.75) is 12.8 Å². The number of sulfone groups is 1. The van der Waals surface area contributed by atoms with Crippen molar-refractivity contribution in [1.29, 1.82) is 0 Å². The lowest BCUT2D eigenvalue weighted by Crippen LogP contribution is -2.20. The Bertz CT molecular complexity index is 621. The molecule has 104 valence electrons. The Morgan fingerprint density at radius 1 is 1.37 bits per heavy atom. The topological polar surface area (TPSA) is 115 Å². The number of carboxylic acid groups (broad SMARTS) is 1. The molecule has 1 atom stereocenters. The lowest BCUT2D eigenvalue weighted by atomic mass is 9.93. The summed E-state index contributed by atoms with van der Waals surface area (Å²) in [5.41, 5.74) is 5.06. The summed E-state index contributed by atoms with van der Waals surface area (Å²) >= 11 is 0. The molecule has 1 amide bonds. The molecule has 0 saturated carbocycles. The number of aromatic carboxylic acids is 1. The van der Waals surface area contributed by atoms with E-state index in [1.54, 1.807) is 6.92 Å². The van der Waals surface area contributed by atoms with Gasteiger partial charge in [-0.2, -0.15) is 0 Å². The summed E-state index contributed by atoms with van der Waals surface area (Å²) in [4.78, 5) is 22.5. The summed E-state index contributed by atoms with van der Waals surface area (Å²) in [6.45, 7) is 1.59. The average molecular weight is 285 g/mol. The van der Waals surface area contributed by atoms with Gasteiger partial charge in [0.1, 0.15) is 9.84 Å². The normalized spacial score (nSPS) is 12.9. The van der Waals surface area contributed by atoms with Crippen LogP contribution in [0.5, 0.6) is 0 Å². The van der Waals surface area contributed by atoms with Crippen LogP contribution in [0.15, 0.2) is 18.2 Å². The van der Waals surface area contributed by atoms with Crippen LogP contribution in [-0.2, 0) is 9.84 Å². The maximum atomic E-state index is 11.3. The van der Waals surface area contributed by atoms with Gasteiger partial charge < -0.3 is 10.8 Å². The summed E-state index contributed by atoms with van der Waals surface area (Å²) in [6.07, 6.45) is 1.07. The molecule has 0 fully saturated rings. The maximum Gasteiger partial charge on any atom is 0.336 e. The smallest absolute Gasteiger partial charge is 0.336 e. The highest BCUT2D eigenvalue weighted by molar-refractivity contribution is 7.90. The number of carbonyl (C=O) groups excluding carboxylic acids is 1. The quantitative estimate of drug-likeness (QED) is 0.823. The predicted octanol–water partition coefficient (Wildman–Crippen LogP) is 0.632. The number of primary amides is 1. The van der Waals surface area contributed by atoms with Crippen LogP contribution >= 0.6 is 0 Å². The Hall–Kier alpha value is -1.89. The molecule has 0 aliphatic rings. The molecule has 0 saturated heterocycles. The van der Waals surface area contributed by atoms with E-state index in [0.29, 0.717) is 0 Å². The van der Waals surface area contributed by atoms with Gasteiger partial charge in [-0.25, -0.2) is 13.2 Å². The molecular weight excluding hydrogens is 270 g/mol. The van der Waals surface area contributed by atoms with E-state index in [1.165, 1.54) is 18.2 Å². The zero-order valence-electron chi connectivity index (χ0n) is 10.6. The van der Waals surface area contributed by atoms with Crippen LogP contribution in [-0.4, -0.2) is 37.4 Å². The van der Waals surface area contributed by atoms with E-state index in [9.17, 15) is 23.1 Å². The lowest BCUT2D eigenvalue weighted by molar-refractivity contribution is 0.0690. The molecule has 0 aromatic heterocycles. The zero-order valence-corrected chi connectivity index (χ0v) is 11.4. The highest BCUT2D eigenvalue weighted by Crippen LogP contribution is 2.24. The van der Waals surface area contributed by atoms with E-state index in [1.807, 2.05) is 0 Å². The number of nitrogens with two attached hydrogens (primary N) is 1. The first-order chi connectivity index (χ1) is 8.63. The van der Waals surface area contributed by atoms with Crippen LogP contribution in [0.2, 0.25) is 0 Å². The number of amides is 1. The van der Waals surface area contributed by atoms with E-state index in [4.69, 9.17) is 5.73 Å². The van der Waals surface area contributed by atoms with Gasteiger partial charge in [-0.3, -0.25) is 4.79 Å². The van der Waals surface area contributed by atoms with E-state index in [-0.39, 0.29) is 22.4 Å². The molecule has 1 rings (SSSR count). The lowest BCUT2D eigenvalue weighted by Gasteiger charge is -2.15. The molecular formula is C12H15NO5S. The summed E-state index contributed by atoms with van der Waals surface area (Å²) in [6, 6.07) is 4.29. The molecule has 7 heteroatoms. The van der Waals surface area contributed by atoms with Gasteiger partial charge in [0.25, 0.3) is 0 Å². The minimum absolute atomic E-state index is 0.120. The Morgan fingerprint density at radius 3 is 2.37 bits per heavy atom. The SMILES string of the molecule is CC(CS(C)(=O)=O)c1cccc(C(N)=O)c1C(=O)O. The molecule has 1 unspecified atom stereocenters. The standard InChI is InChI=1S/C12H15NO5S/c1-7(6-19(2,17)18)8-4-3-5-9(11(13)14)10(8)12(15)16/h3-5,7H,6H2,1-2H3,(H2,13,14)(H,15,16). The van der Waals surface area contributed by atoms with Gasteiger partial charge >= 0.3 is 5.97 Å². The van der Waals surface area contributed by atoms with Crippen LogP contribution in [0.3, 0.4) is 0 Å². The maximum absolute atomic E-state index is 11.3. The van der Waals surface area contributed by atoms with Crippen molar-refractivity contribution in [2.24, 2.45) is 5.73 Å². The number of rotatable bonds is 5. The molecule has 6 nitrogen and oxygen atoms in total. The third-order valence-electron chi connectivity index (χ3n) is 2.66. The summed E-state index contributed by atoms with van der Waals surface area (Å²) < 4.78 is 22.6. The van der Waals surface area contributed by atoms with E-state index < -0.39 is 27.6 Å². The summed E-state index contributed by atoms with van der Waals surface area (Å²) in [7, 11) is -3.26. The second kappa shape index (κ2) is 5.40. The Kier molecular flexibility index (Phi) is 4.31. The van der Waals surface area contributed by atoms with Gasteiger partial charge in [0.05, 0.1) is 16.9 Å². The second-order valence-electron chi connectivity index (χ2n) is 4.43. The molecule has 0 radical (unpaired) electrons. The molecule has 0 aliphatic heterocycles. The first-order valence-corrected chi connectivity index (χ1v) is 7.53. The van der Waals surface area contributed by atoms with Gasteiger partial charge in [-0.1, -0.05) is 19.1 Å². The summed E-state index contributed by atoms with van der Waals surface area (Å²) in [5, 5.41) is 9.19. The van der Waals surface area contributed by atoms with Crippen molar-refractivity contribution in [3.63, 3.8) is 0 Å². The van der Waals surface area contributed by atoms with Crippen LogP contribution in [0, 0.1) is 0 Å². The molecule has 0 aliphatic carbocycles. The van der Waals surface area contributed by atoms with E-state index >= 15 is 0 Å². The molecule has 0 heterocycles.